The molecule has 0 fully saturated rings. The molecule has 1 aromatic rings. The summed E-state index contributed by atoms with van der Waals surface area (Å²) in [6, 6.07) is 1.80. The molecule has 0 aliphatic heterocycles. The van der Waals surface area contributed by atoms with Crippen LogP contribution in [0.1, 0.15) is 12.0 Å². The highest BCUT2D eigenvalue weighted by Crippen LogP contribution is 2.17. The fourth-order valence-electron chi connectivity index (χ4n) is 1.09. The topological polar surface area (TPSA) is 70.9 Å². The lowest BCUT2D eigenvalue weighted by atomic mass is 10.2. The Morgan fingerprint density at radius 3 is 3.27 bits per heavy atom. The standard InChI is InChI=1S/C10H12N4O/c1-15-10-5-7-12-8-9(10)4-2-3-6-13-14-11/h2,4-5,7-8H,3,6H2,1H3. The van der Waals surface area contributed by atoms with E-state index in [1.807, 2.05) is 12.2 Å². The van der Waals surface area contributed by atoms with Gasteiger partial charge in [-0.1, -0.05) is 17.3 Å². The van der Waals surface area contributed by atoms with Crippen molar-refractivity contribution in [1.82, 2.24) is 4.98 Å². The smallest absolute Gasteiger partial charge is 0.129 e. The normalized spacial score (nSPS) is 9.93. The van der Waals surface area contributed by atoms with Crippen LogP contribution in [0.3, 0.4) is 0 Å². The Labute approximate surface area is 88.0 Å². The monoisotopic (exact) mass is 204 g/mol. The molecule has 15 heavy (non-hydrogen) atoms. The summed E-state index contributed by atoms with van der Waals surface area (Å²) >= 11 is 0. The van der Waals surface area contributed by atoms with Crippen LogP contribution in [-0.2, 0) is 0 Å². The molecule has 0 unspecified atom stereocenters. The Bertz CT molecular complexity index is 383. The van der Waals surface area contributed by atoms with E-state index in [9.17, 15) is 0 Å². The minimum Gasteiger partial charge on any atom is -0.496 e. The first-order valence-corrected chi connectivity index (χ1v) is 4.54. The fraction of sp³-hybridized carbons (Fsp3) is 0.300. The predicted molar refractivity (Wildman–Crippen MR) is 58.5 cm³/mol. The van der Waals surface area contributed by atoms with Crippen molar-refractivity contribution in [2.45, 2.75) is 6.42 Å². The molecule has 0 aromatic carbocycles. The van der Waals surface area contributed by atoms with Crippen molar-refractivity contribution in [3.05, 3.63) is 40.5 Å². The van der Waals surface area contributed by atoms with Gasteiger partial charge in [0.1, 0.15) is 5.75 Å². The van der Waals surface area contributed by atoms with E-state index < -0.39 is 0 Å². The van der Waals surface area contributed by atoms with Crippen molar-refractivity contribution in [3.63, 3.8) is 0 Å². The van der Waals surface area contributed by atoms with Gasteiger partial charge in [-0.25, -0.2) is 0 Å². The minimum atomic E-state index is 0.468. The lowest BCUT2D eigenvalue weighted by Crippen LogP contribution is -1.87. The number of methoxy groups -OCH3 is 1. The Morgan fingerprint density at radius 2 is 2.53 bits per heavy atom. The van der Waals surface area contributed by atoms with Crippen LogP contribution >= 0.6 is 0 Å². The van der Waals surface area contributed by atoms with Crippen LogP contribution in [0.25, 0.3) is 16.5 Å². The molecule has 5 nitrogen and oxygen atoms in total. The third-order valence-corrected chi connectivity index (χ3v) is 1.79. The van der Waals surface area contributed by atoms with Gasteiger partial charge in [-0.3, -0.25) is 4.98 Å². The highest BCUT2D eigenvalue weighted by atomic mass is 16.5. The Kier molecular flexibility index (Phi) is 4.77. The largest absolute Gasteiger partial charge is 0.496 e. The molecule has 5 heteroatoms. The molecule has 0 aliphatic carbocycles. The fourth-order valence-corrected chi connectivity index (χ4v) is 1.09. The molecule has 0 spiro atoms. The van der Waals surface area contributed by atoms with Crippen LogP contribution in [0.2, 0.25) is 0 Å². The highest BCUT2D eigenvalue weighted by molar-refractivity contribution is 5.55. The van der Waals surface area contributed by atoms with Gasteiger partial charge in [0.15, 0.2) is 0 Å². The van der Waals surface area contributed by atoms with Gasteiger partial charge in [-0.2, -0.15) is 0 Å². The molecule has 0 radical (unpaired) electrons. The summed E-state index contributed by atoms with van der Waals surface area (Å²) in [6.07, 6.45) is 7.94. The van der Waals surface area contributed by atoms with Gasteiger partial charge in [0.25, 0.3) is 0 Å². The van der Waals surface area contributed by atoms with Gasteiger partial charge in [-0.05, 0) is 18.0 Å². The lowest BCUT2D eigenvalue weighted by Gasteiger charge is -2.02. The van der Waals surface area contributed by atoms with Crippen molar-refractivity contribution in [2.24, 2.45) is 5.11 Å². The van der Waals surface area contributed by atoms with E-state index in [-0.39, 0.29) is 0 Å². The first kappa shape index (κ1) is 11.1. The van der Waals surface area contributed by atoms with Crippen LogP contribution in [0.4, 0.5) is 0 Å². The second kappa shape index (κ2) is 6.45. The summed E-state index contributed by atoms with van der Waals surface area (Å²) in [5.74, 6) is 0.782. The van der Waals surface area contributed by atoms with Gasteiger partial charge < -0.3 is 4.74 Å². The van der Waals surface area contributed by atoms with Crippen molar-refractivity contribution < 1.29 is 4.74 Å². The summed E-state index contributed by atoms with van der Waals surface area (Å²) in [4.78, 5) is 6.66. The average Bonchev–Trinajstić information content (AvgIpc) is 2.29. The van der Waals surface area contributed by atoms with E-state index in [0.717, 1.165) is 11.3 Å². The number of hydrogen-bond donors (Lipinski definition) is 0. The van der Waals surface area contributed by atoms with Crippen LogP contribution < -0.4 is 4.74 Å². The van der Waals surface area contributed by atoms with Crippen LogP contribution in [0, 0.1) is 0 Å². The number of ether oxygens (including phenoxy) is 1. The van der Waals surface area contributed by atoms with Gasteiger partial charge in [0.05, 0.1) is 7.11 Å². The zero-order valence-corrected chi connectivity index (χ0v) is 8.50. The number of rotatable bonds is 5. The zero-order chi connectivity index (χ0) is 10.9. The highest BCUT2D eigenvalue weighted by Gasteiger charge is 1.96. The summed E-state index contributed by atoms with van der Waals surface area (Å²) in [7, 11) is 1.62. The molecule has 0 saturated heterocycles. The summed E-state index contributed by atoms with van der Waals surface area (Å²) < 4.78 is 5.15. The van der Waals surface area contributed by atoms with Gasteiger partial charge in [-0.15, -0.1) is 0 Å². The third kappa shape index (κ3) is 3.70. The predicted octanol–water partition coefficient (Wildman–Crippen LogP) is 2.80. The molecule has 0 amide bonds. The van der Waals surface area contributed by atoms with Crippen molar-refractivity contribution >= 4 is 6.08 Å². The molecule has 1 aromatic heterocycles. The van der Waals surface area contributed by atoms with E-state index in [2.05, 4.69) is 15.0 Å². The van der Waals surface area contributed by atoms with Gasteiger partial charge in [0.2, 0.25) is 0 Å². The molecule has 0 saturated carbocycles. The number of aromatic nitrogens is 1. The van der Waals surface area contributed by atoms with E-state index in [0.29, 0.717) is 13.0 Å². The van der Waals surface area contributed by atoms with Crippen molar-refractivity contribution in [3.8, 4) is 5.75 Å². The van der Waals surface area contributed by atoms with E-state index >= 15 is 0 Å². The first-order valence-electron chi connectivity index (χ1n) is 4.54. The maximum absolute atomic E-state index is 8.07. The SMILES string of the molecule is COc1ccncc1C=CCCN=[N+]=[N-]. The van der Waals surface area contributed by atoms with Crippen LogP contribution in [-0.4, -0.2) is 18.6 Å². The molecule has 0 bridgehead atoms. The third-order valence-electron chi connectivity index (χ3n) is 1.79. The Morgan fingerprint density at radius 1 is 1.67 bits per heavy atom. The molecule has 0 atom stereocenters. The maximum atomic E-state index is 8.07. The Hall–Kier alpha value is -2.00. The summed E-state index contributed by atoms with van der Waals surface area (Å²) in [5, 5.41) is 3.43. The maximum Gasteiger partial charge on any atom is 0.129 e. The number of hydrogen-bond acceptors (Lipinski definition) is 3. The quantitative estimate of drug-likeness (QED) is 0.320. The second-order valence-corrected chi connectivity index (χ2v) is 2.76. The Balaban J connectivity index is 2.59. The number of nitrogens with zero attached hydrogens (tertiary/aromatic N) is 4. The molecule has 1 rings (SSSR count). The van der Waals surface area contributed by atoms with Crippen molar-refractivity contribution in [1.29, 1.82) is 0 Å². The first-order chi connectivity index (χ1) is 7.38. The average molecular weight is 204 g/mol. The molecule has 0 aliphatic rings. The van der Waals surface area contributed by atoms with Crippen LogP contribution in [0.5, 0.6) is 5.75 Å². The van der Waals surface area contributed by atoms with E-state index in [1.54, 1.807) is 25.6 Å². The van der Waals surface area contributed by atoms with Gasteiger partial charge in [0, 0.05) is 29.4 Å². The molecule has 0 N–H and O–H groups in total. The lowest BCUT2D eigenvalue weighted by molar-refractivity contribution is 0.413. The second-order valence-electron chi connectivity index (χ2n) is 2.76. The number of azide groups is 1. The van der Waals surface area contributed by atoms with Crippen LogP contribution in [0.15, 0.2) is 29.7 Å². The zero-order valence-electron chi connectivity index (χ0n) is 8.50. The summed E-state index contributed by atoms with van der Waals surface area (Å²) in [5.41, 5.74) is 8.99. The molecular weight excluding hydrogens is 192 g/mol. The molecule has 1 heterocycles. The van der Waals surface area contributed by atoms with Crippen molar-refractivity contribution in [2.75, 3.05) is 13.7 Å². The minimum absolute atomic E-state index is 0.468. The summed E-state index contributed by atoms with van der Waals surface area (Å²) in [6.45, 7) is 0.468. The molecule has 78 valence electrons. The van der Waals surface area contributed by atoms with Gasteiger partial charge >= 0.3 is 0 Å². The van der Waals surface area contributed by atoms with E-state index in [4.69, 9.17) is 10.3 Å². The molecular formula is C10H12N4O. The number of pyridine rings is 1. The van der Waals surface area contributed by atoms with E-state index in [1.165, 1.54) is 0 Å².